The van der Waals surface area contributed by atoms with E-state index in [-0.39, 0.29) is 36.0 Å². The van der Waals surface area contributed by atoms with Crippen molar-refractivity contribution in [2.75, 3.05) is 65.7 Å². The molecule has 1 amide bonds. The Labute approximate surface area is 191 Å². The number of nitrogens with one attached hydrogen (secondary N) is 1. The molecule has 0 aromatic carbocycles. The molecule has 0 bridgehead atoms. The van der Waals surface area contributed by atoms with E-state index in [9.17, 15) is 13.2 Å². The maximum absolute atomic E-state index is 12.5. The normalized spacial score (nSPS) is 25.0. The van der Waals surface area contributed by atoms with Gasteiger partial charge in [0.15, 0.2) is 5.96 Å². The van der Waals surface area contributed by atoms with E-state index in [0.717, 1.165) is 51.3 Å². The molecular weight excluding hydrogens is 509 g/mol. The van der Waals surface area contributed by atoms with Gasteiger partial charge in [-0.3, -0.25) is 9.79 Å². The van der Waals surface area contributed by atoms with Gasteiger partial charge >= 0.3 is 0 Å². The van der Waals surface area contributed by atoms with Crippen molar-refractivity contribution in [3.05, 3.63) is 0 Å². The SMILES string of the molecule is CN=C(NCC1CCN(S(C)(=O)=O)CC1)N1CCN(C(=O)C2CCCO2)CC1.I. The Morgan fingerprint density at radius 3 is 2.21 bits per heavy atom. The summed E-state index contributed by atoms with van der Waals surface area (Å²) in [5.74, 6) is 1.42. The smallest absolute Gasteiger partial charge is 0.251 e. The van der Waals surface area contributed by atoms with Crippen LogP contribution in [-0.4, -0.2) is 106 Å². The number of halogens is 1. The first-order chi connectivity index (χ1) is 13.4. The van der Waals surface area contributed by atoms with Crippen LogP contribution in [0.25, 0.3) is 0 Å². The van der Waals surface area contributed by atoms with Crippen LogP contribution < -0.4 is 5.32 Å². The number of piperazine rings is 1. The quantitative estimate of drug-likeness (QED) is 0.309. The molecule has 3 fully saturated rings. The Balaban J connectivity index is 0.00000300. The number of carbonyl (C=O) groups excluding carboxylic acids is 1. The van der Waals surface area contributed by atoms with Crippen LogP contribution >= 0.6 is 24.0 Å². The van der Waals surface area contributed by atoms with Gasteiger partial charge in [0.2, 0.25) is 10.0 Å². The van der Waals surface area contributed by atoms with Crippen molar-refractivity contribution in [1.82, 2.24) is 19.4 Å². The lowest BCUT2D eigenvalue weighted by molar-refractivity contribution is -0.142. The van der Waals surface area contributed by atoms with Gasteiger partial charge in [-0.05, 0) is 31.6 Å². The average Bonchev–Trinajstić information content (AvgIpc) is 3.23. The molecule has 1 unspecified atom stereocenters. The number of hydrogen-bond acceptors (Lipinski definition) is 5. The summed E-state index contributed by atoms with van der Waals surface area (Å²) in [6, 6.07) is 0. The zero-order valence-electron chi connectivity index (χ0n) is 17.4. The summed E-state index contributed by atoms with van der Waals surface area (Å²) in [4.78, 5) is 20.9. The molecule has 0 spiro atoms. The van der Waals surface area contributed by atoms with E-state index in [2.05, 4.69) is 15.2 Å². The Hall–Kier alpha value is -0.660. The maximum atomic E-state index is 12.5. The summed E-state index contributed by atoms with van der Waals surface area (Å²) in [6.45, 7) is 5.55. The molecule has 0 aliphatic carbocycles. The third-order valence-electron chi connectivity index (χ3n) is 5.90. The van der Waals surface area contributed by atoms with Crippen LogP contribution in [0.1, 0.15) is 25.7 Å². The van der Waals surface area contributed by atoms with Gasteiger partial charge < -0.3 is 19.9 Å². The van der Waals surface area contributed by atoms with Crippen molar-refractivity contribution < 1.29 is 17.9 Å². The zero-order valence-corrected chi connectivity index (χ0v) is 20.5. The molecule has 0 aromatic rings. The highest BCUT2D eigenvalue weighted by molar-refractivity contribution is 14.0. The third-order valence-corrected chi connectivity index (χ3v) is 7.20. The number of rotatable bonds is 4. The maximum Gasteiger partial charge on any atom is 0.251 e. The number of sulfonamides is 1. The molecule has 3 heterocycles. The number of aliphatic imine (C=N–C) groups is 1. The number of carbonyl (C=O) groups is 1. The predicted octanol–water partition coefficient (Wildman–Crippen LogP) is 0.175. The lowest BCUT2D eigenvalue weighted by Crippen LogP contribution is -2.55. The van der Waals surface area contributed by atoms with Gasteiger partial charge in [0.05, 0.1) is 6.26 Å². The Bertz CT molecular complexity index is 668. The highest BCUT2D eigenvalue weighted by atomic mass is 127. The minimum Gasteiger partial charge on any atom is -0.368 e. The topological polar surface area (TPSA) is 94.5 Å². The molecular formula is C18H34IN5O4S. The molecule has 3 rings (SSSR count). The van der Waals surface area contributed by atoms with Gasteiger partial charge in [-0.2, -0.15) is 0 Å². The van der Waals surface area contributed by atoms with Gasteiger partial charge in [-0.1, -0.05) is 0 Å². The highest BCUT2D eigenvalue weighted by Crippen LogP contribution is 2.19. The van der Waals surface area contributed by atoms with Crippen molar-refractivity contribution in [3.8, 4) is 0 Å². The van der Waals surface area contributed by atoms with Gasteiger partial charge in [0.25, 0.3) is 5.91 Å². The van der Waals surface area contributed by atoms with Crippen LogP contribution in [0.2, 0.25) is 0 Å². The highest BCUT2D eigenvalue weighted by Gasteiger charge is 2.31. The van der Waals surface area contributed by atoms with E-state index in [1.165, 1.54) is 6.26 Å². The summed E-state index contributed by atoms with van der Waals surface area (Å²) in [6.07, 6.45) is 4.55. The van der Waals surface area contributed by atoms with E-state index in [4.69, 9.17) is 4.74 Å². The van der Waals surface area contributed by atoms with E-state index in [1.807, 2.05) is 4.90 Å². The van der Waals surface area contributed by atoms with Gasteiger partial charge in [0.1, 0.15) is 6.10 Å². The Kier molecular flexibility index (Phi) is 9.42. The van der Waals surface area contributed by atoms with Gasteiger partial charge in [-0.15, -0.1) is 24.0 Å². The molecule has 9 nitrogen and oxygen atoms in total. The number of piperidine rings is 1. The Morgan fingerprint density at radius 1 is 1.07 bits per heavy atom. The van der Waals surface area contributed by atoms with E-state index in [0.29, 0.717) is 38.7 Å². The zero-order chi connectivity index (χ0) is 20.1. The van der Waals surface area contributed by atoms with Crippen LogP contribution in [0.4, 0.5) is 0 Å². The molecule has 11 heteroatoms. The molecule has 3 saturated heterocycles. The minimum atomic E-state index is -3.08. The molecule has 29 heavy (non-hydrogen) atoms. The second kappa shape index (κ2) is 11.1. The molecule has 3 aliphatic heterocycles. The number of hydrogen-bond donors (Lipinski definition) is 1. The van der Waals surface area contributed by atoms with Crippen molar-refractivity contribution in [2.45, 2.75) is 31.8 Å². The average molecular weight is 543 g/mol. The summed E-state index contributed by atoms with van der Waals surface area (Å²) >= 11 is 0. The summed E-state index contributed by atoms with van der Waals surface area (Å²) in [5.41, 5.74) is 0. The molecule has 1 N–H and O–H groups in total. The molecule has 0 saturated carbocycles. The lowest BCUT2D eigenvalue weighted by atomic mass is 9.98. The Morgan fingerprint density at radius 2 is 1.69 bits per heavy atom. The van der Waals surface area contributed by atoms with Crippen LogP contribution in [0.5, 0.6) is 0 Å². The molecule has 0 aromatic heterocycles. The number of amides is 1. The van der Waals surface area contributed by atoms with E-state index >= 15 is 0 Å². The summed E-state index contributed by atoms with van der Waals surface area (Å²) in [5, 5.41) is 3.44. The van der Waals surface area contributed by atoms with Crippen molar-refractivity contribution in [2.24, 2.45) is 10.9 Å². The van der Waals surface area contributed by atoms with Crippen LogP contribution in [0.15, 0.2) is 4.99 Å². The third kappa shape index (κ3) is 6.66. The number of guanidine groups is 1. The fourth-order valence-corrected chi connectivity index (χ4v) is 5.00. The number of nitrogens with zero attached hydrogens (tertiary/aromatic N) is 4. The monoisotopic (exact) mass is 543 g/mol. The fourth-order valence-electron chi connectivity index (χ4n) is 4.13. The van der Waals surface area contributed by atoms with Crippen LogP contribution in [-0.2, 0) is 19.6 Å². The van der Waals surface area contributed by atoms with Gasteiger partial charge in [-0.25, -0.2) is 12.7 Å². The van der Waals surface area contributed by atoms with E-state index in [1.54, 1.807) is 11.4 Å². The predicted molar refractivity (Wildman–Crippen MR) is 123 cm³/mol. The van der Waals surface area contributed by atoms with Crippen LogP contribution in [0.3, 0.4) is 0 Å². The van der Waals surface area contributed by atoms with Gasteiger partial charge in [0, 0.05) is 59.5 Å². The second-order valence-corrected chi connectivity index (χ2v) is 9.83. The standard InChI is InChI=1S/C18H33N5O4S.HI/c1-19-18(20-14-15-5-7-23(8-6-15)28(2,25)26)22-11-9-21(10-12-22)17(24)16-4-3-13-27-16;/h15-16H,3-14H2,1-2H3,(H,19,20);1H. The van der Waals surface area contributed by atoms with Crippen molar-refractivity contribution in [3.63, 3.8) is 0 Å². The van der Waals surface area contributed by atoms with Crippen molar-refractivity contribution in [1.29, 1.82) is 0 Å². The first-order valence-corrected chi connectivity index (χ1v) is 12.0. The largest absolute Gasteiger partial charge is 0.368 e. The van der Waals surface area contributed by atoms with Crippen molar-refractivity contribution >= 4 is 45.9 Å². The lowest BCUT2D eigenvalue weighted by Gasteiger charge is -2.38. The fraction of sp³-hybridized carbons (Fsp3) is 0.889. The number of ether oxygens (including phenoxy) is 1. The van der Waals surface area contributed by atoms with E-state index < -0.39 is 10.0 Å². The summed E-state index contributed by atoms with van der Waals surface area (Å²) in [7, 11) is -1.30. The van der Waals surface area contributed by atoms with Crippen LogP contribution in [0, 0.1) is 5.92 Å². The first kappa shape index (κ1) is 24.6. The molecule has 3 aliphatic rings. The molecule has 168 valence electrons. The molecule has 0 radical (unpaired) electrons. The minimum absolute atomic E-state index is 0. The second-order valence-electron chi connectivity index (χ2n) is 7.85. The molecule has 1 atom stereocenters. The summed E-state index contributed by atoms with van der Waals surface area (Å²) < 4.78 is 30.3. The first-order valence-electron chi connectivity index (χ1n) is 10.2.